The maximum Gasteiger partial charge on any atom is 0.265 e. The average Bonchev–Trinajstić information content (AvgIpc) is 3.54. The molecular formula is C26H25FN6O3S. The lowest BCUT2D eigenvalue weighted by molar-refractivity contribution is -0.132. The van der Waals surface area contributed by atoms with Crippen LogP contribution in [0.15, 0.2) is 64.7 Å². The van der Waals surface area contributed by atoms with E-state index in [-0.39, 0.29) is 29.7 Å². The van der Waals surface area contributed by atoms with Crippen LogP contribution in [0, 0.1) is 5.82 Å². The predicted octanol–water partition coefficient (Wildman–Crippen LogP) is 3.12. The summed E-state index contributed by atoms with van der Waals surface area (Å²) < 4.78 is 21.8. The number of benzene rings is 2. The Hall–Kier alpha value is -3.86. The third kappa shape index (κ3) is 4.33. The molecule has 190 valence electrons. The molecule has 9 nitrogen and oxygen atoms in total. The maximum absolute atomic E-state index is 13.4. The van der Waals surface area contributed by atoms with Gasteiger partial charge in [-0.05, 0) is 48.5 Å². The van der Waals surface area contributed by atoms with Crippen LogP contribution in [0.5, 0.6) is 5.75 Å². The summed E-state index contributed by atoms with van der Waals surface area (Å²) in [5, 5.41) is 5.27. The minimum absolute atomic E-state index is 0.0434. The first-order chi connectivity index (χ1) is 18.0. The Labute approximate surface area is 216 Å². The van der Waals surface area contributed by atoms with Crippen molar-refractivity contribution in [2.24, 2.45) is 0 Å². The molecule has 1 fully saturated rings. The first-order valence-electron chi connectivity index (χ1n) is 12.1. The number of nitrogens with zero attached hydrogens (tertiary/aromatic N) is 6. The molecule has 1 amide bonds. The molecule has 2 aromatic heterocycles. The molecule has 6 rings (SSSR count). The first-order valence-corrected chi connectivity index (χ1v) is 13.1. The Morgan fingerprint density at radius 3 is 2.46 bits per heavy atom. The van der Waals surface area contributed by atoms with Crippen molar-refractivity contribution >= 4 is 34.4 Å². The highest BCUT2D eigenvalue weighted by atomic mass is 32.2. The number of methoxy groups -OCH3 is 1. The zero-order valence-corrected chi connectivity index (χ0v) is 21.0. The zero-order valence-electron chi connectivity index (χ0n) is 20.2. The van der Waals surface area contributed by atoms with E-state index in [1.54, 1.807) is 28.5 Å². The second-order valence-electron chi connectivity index (χ2n) is 9.07. The lowest BCUT2D eigenvalue weighted by Gasteiger charge is -2.36. The summed E-state index contributed by atoms with van der Waals surface area (Å²) in [6.45, 7) is 2.76. The number of ether oxygens (including phenoxy) is 1. The predicted molar refractivity (Wildman–Crippen MR) is 139 cm³/mol. The third-order valence-electron chi connectivity index (χ3n) is 6.92. The van der Waals surface area contributed by atoms with Gasteiger partial charge in [-0.15, -0.1) is 0 Å². The summed E-state index contributed by atoms with van der Waals surface area (Å²) in [7, 11) is 1.65. The smallest absolute Gasteiger partial charge is 0.265 e. The molecule has 2 aliphatic rings. The molecule has 0 aliphatic carbocycles. The van der Waals surface area contributed by atoms with Crippen molar-refractivity contribution in [3.63, 3.8) is 0 Å². The molecular weight excluding hydrogens is 495 g/mol. The number of anilines is 1. The standard InChI is InChI=1S/C26H25FN6O3S/c1-36-21-8-6-18(7-9-21)30-10-12-31(13-11-30)23(34)14-20-16-37-26-29-24-22(25(35)32(20)26)15-28-33(24)19-4-2-17(27)3-5-19/h2-9,15,20H,10-14,16H2,1H3. The third-order valence-corrected chi connectivity index (χ3v) is 8.02. The second kappa shape index (κ2) is 9.55. The number of rotatable bonds is 5. The number of piperazine rings is 1. The molecule has 4 heterocycles. The van der Waals surface area contributed by atoms with Crippen molar-refractivity contribution < 1.29 is 13.9 Å². The molecule has 0 bridgehead atoms. The van der Waals surface area contributed by atoms with Crippen LogP contribution >= 0.6 is 11.8 Å². The number of carbonyl (C=O) groups is 1. The van der Waals surface area contributed by atoms with E-state index in [1.807, 2.05) is 29.2 Å². The van der Waals surface area contributed by atoms with E-state index < -0.39 is 0 Å². The highest BCUT2D eigenvalue weighted by Crippen LogP contribution is 2.34. The number of thioether (sulfide) groups is 1. The van der Waals surface area contributed by atoms with Crippen molar-refractivity contribution in [2.45, 2.75) is 17.6 Å². The van der Waals surface area contributed by atoms with Crippen molar-refractivity contribution in [1.82, 2.24) is 24.2 Å². The molecule has 0 N–H and O–H groups in total. The molecule has 1 unspecified atom stereocenters. The fourth-order valence-corrected chi connectivity index (χ4v) is 6.02. The fourth-order valence-electron chi connectivity index (χ4n) is 4.89. The number of hydrogen-bond acceptors (Lipinski definition) is 7. The second-order valence-corrected chi connectivity index (χ2v) is 10.1. The van der Waals surface area contributed by atoms with Gasteiger partial charge >= 0.3 is 0 Å². The lowest BCUT2D eigenvalue weighted by atomic mass is 10.1. The van der Waals surface area contributed by atoms with Crippen LogP contribution in [0.4, 0.5) is 10.1 Å². The summed E-state index contributed by atoms with van der Waals surface area (Å²) in [5.41, 5.74) is 1.95. The highest BCUT2D eigenvalue weighted by molar-refractivity contribution is 7.99. The molecule has 0 spiro atoms. The van der Waals surface area contributed by atoms with Crippen LogP contribution in [0.1, 0.15) is 12.5 Å². The van der Waals surface area contributed by atoms with Crippen LogP contribution in [0.2, 0.25) is 0 Å². The Morgan fingerprint density at radius 2 is 1.76 bits per heavy atom. The van der Waals surface area contributed by atoms with Crippen molar-refractivity contribution in [3.05, 3.63) is 70.9 Å². The van der Waals surface area contributed by atoms with Crippen molar-refractivity contribution in [1.29, 1.82) is 0 Å². The molecule has 1 saturated heterocycles. The summed E-state index contributed by atoms with van der Waals surface area (Å²) in [5.74, 6) is 1.12. The molecule has 11 heteroatoms. The van der Waals surface area contributed by atoms with Gasteiger partial charge in [-0.25, -0.2) is 14.1 Å². The van der Waals surface area contributed by atoms with E-state index in [4.69, 9.17) is 9.72 Å². The van der Waals surface area contributed by atoms with Crippen LogP contribution in [0.25, 0.3) is 16.7 Å². The Morgan fingerprint density at radius 1 is 1.05 bits per heavy atom. The molecule has 37 heavy (non-hydrogen) atoms. The van der Waals surface area contributed by atoms with Crippen LogP contribution in [-0.4, -0.2) is 69.2 Å². The van der Waals surface area contributed by atoms with E-state index in [9.17, 15) is 14.0 Å². The summed E-state index contributed by atoms with van der Waals surface area (Å²) >= 11 is 1.47. The molecule has 4 aromatic rings. The van der Waals surface area contributed by atoms with Crippen molar-refractivity contribution in [2.75, 3.05) is 43.9 Å². The van der Waals surface area contributed by atoms with Gasteiger partial charge in [0.2, 0.25) is 5.91 Å². The van der Waals surface area contributed by atoms with Crippen LogP contribution in [-0.2, 0) is 4.79 Å². The van der Waals surface area contributed by atoms with Gasteiger partial charge in [0.05, 0.1) is 25.0 Å². The zero-order chi connectivity index (χ0) is 25.5. The summed E-state index contributed by atoms with van der Waals surface area (Å²) in [6.07, 6.45) is 1.74. The normalized spacial score (nSPS) is 17.3. The molecule has 0 radical (unpaired) electrons. The minimum atomic E-state index is -0.348. The van der Waals surface area contributed by atoms with Gasteiger partial charge in [0.25, 0.3) is 5.56 Å². The topological polar surface area (TPSA) is 85.5 Å². The van der Waals surface area contributed by atoms with Gasteiger partial charge < -0.3 is 14.5 Å². The maximum atomic E-state index is 13.4. The highest BCUT2D eigenvalue weighted by Gasteiger charge is 2.32. The quantitative estimate of drug-likeness (QED) is 0.374. The van der Waals surface area contributed by atoms with Gasteiger partial charge in [0.15, 0.2) is 10.8 Å². The Bertz CT molecular complexity index is 1510. The largest absolute Gasteiger partial charge is 0.497 e. The summed E-state index contributed by atoms with van der Waals surface area (Å²) in [4.78, 5) is 35.4. The van der Waals surface area contributed by atoms with E-state index in [2.05, 4.69) is 10.00 Å². The Kier molecular flexibility index (Phi) is 6.07. The lowest BCUT2D eigenvalue weighted by Crippen LogP contribution is -2.49. The van der Waals surface area contributed by atoms with E-state index >= 15 is 0 Å². The Balaban J connectivity index is 1.16. The monoisotopic (exact) mass is 520 g/mol. The van der Waals surface area contributed by atoms with E-state index in [0.717, 1.165) is 24.5 Å². The molecule has 2 aromatic carbocycles. The van der Waals surface area contributed by atoms with E-state index in [0.29, 0.717) is 40.7 Å². The van der Waals surface area contributed by atoms with Crippen molar-refractivity contribution in [3.8, 4) is 11.4 Å². The fraction of sp³-hybridized carbons (Fsp3) is 0.308. The number of carbonyl (C=O) groups excluding carboxylic acids is 1. The SMILES string of the molecule is COc1ccc(N2CCN(C(=O)CC3CSc4nc5c(cnn5-c5ccc(F)cc5)c(=O)n43)CC2)cc1. The number of halogens is 1. The van der Waals surface area contributed by atoms with Gasteiger partial charge in [-0.2, -0.15) is 5.10 Å². The van der Waals surface area contributed by atoms with Crippen LogP contribution < -0.4 is 15.2 Å². The molecule has 2 aliphatic heterocycles. The summed E-state index contributed by atoms with van der Waals surface area (Å²) in [6, 6.07) is 13.6. The first kappa shape index (κ1) is 23.5. The number of amides is 1. The van der Waals surface area contributed by atoms with Gasteiger partial charge in [-0.3, -0.25) is 14.2 Å². The van der Waals surface area contributed by atoms with Gasteiger partial charge in [0.1, 0.15) is 17.0 Å². The number of hydrogen-bond donors (Lipinski definition) is 0. The van der Waals surface area contributed by atoms with E-state index in [1.165, 1.54) is 30.1 Å². The molecule has 1 atom stereocenters. The number of aromatic nitrogens is 4. The average molecular weight is 521 g/mol. The minimum Gasteiger partial charge on any atom is -0.497 e. The van der Waals surface area contributed by atoms with Gasteiger partial charge in [0, 0.05) is 44.0 Å². The van der Waals surface area contributed by atoms with Gasteiger partial charge in [-0.1, -0.05) is 11.8 Å². The van der Waals surface area contributed by atoms with Crippen LogP contribution in [0.3, 0.4) is 0 Å². The molecule has 0 saturated carbocycles. The number of fused-ring (bicyclic) bond motifs is 2.